The molecule has 0 aromatic heterocycles. The zero-order valence-corrected chi connectivity index (χ0v) is 12.7. The molecule has 0 aliphatic heterocycles. The molecule has 1 unspecified atom stereocenters. The molecule has 0 heterocycles. The third-order valence-corrected chi connectivity index (χ3v) is 3.36. The van der Waals surface area contributed by atoms with Gasteiger partial charge in [-0.15, -0.1) is 0 Å². The number of hydrogen-bond acceptors (Lipinski definition) is 3. The summed E-state index contributed by atoms with van der Waals surface area (Å²) in [5, 5.41) is 2.93. The number of nitrogens with one attached hydrogen (secondary N) is 1. The Kier molecular flexibility index (Phi) is 6.68. The highest BCUT2D eigenvalue weighted by Gasteiger charge is 2.21. The first-order valence-corrected chi connectivity index (χ1v) is 7.01. The van der Waals surface area contributed by atoms with Crippen LogP contribution in [0.4, 0.5) is 0 Å². The van der Waals surface area contributed by atoms with Crippen LogP contribution in [0.3, 0.4) is 0 Å². The molecule has 0 radical (unpaired) electrons. The molecule has 4 nitrogen and oxygen atoms in total. The topological polar surface area (TPSA) is 64.3 Å². The van der Waals surface area contributed by atoms with Crippen LogP contribution in [0.5, 0.6) is 0 Å². The lowest BCUT2D eigenvalue weighted by molar-refractivity contribution is -0.122. The Morgan fingerprint density at radius 3 is 2.60 bits per heavy atom. The van der Waals surface area contributed by atoms with Crippen LogP contribution in [0.2, 0.25) is 0 Å². The Morgan fingerprint density at radius 2 is 2.00 bits per heavy atom. The van der Waals surface area contributed by atoms with Gasteiger partial charge in [-0.3, -0.25) is 4.79 Å². The molecule has 1 aromatic carbocycles. The summed E-state index contributed by atoms with van der Waals surface area (Å²) in [6.45, 7) is 5.51. The number of hydrogen-bond donors (Lipinski definition) is 2. The van der Waals surface area contributed by atoms with E-state index in [-0.39, 0.29) is 11.3 Å². The van der Waals surface area contributed by atoms with Gasteiger partial charge in [-0.25, -0.2) is 0 Å². The standard InChI is InChI=1S/C16H26N2O2/c1-16(2,9-10-20-3)12-18-15(19)14(17)11-13-7-5-4-6-8-13/h4-8,14H,9-12,17H2,1-3H3,(H,18,19). The molecule has 3 N–H and O–H groups in total. The third-order valence-electron chi connectivity index (χ3n) is 3.36. The number of carbonyl (C=O) groups is 1. The number of nitrogens with two attached hydrogens (primary N) is 1. The largest absolute Gasteiger partial charge is 0.385 e. The minimum atomic E-state index is -0.504. The predicted molar refractivity (Wildman–Crippen MR) is 81.4 cm³/mol. The summed E-state index contributed by atoms with van der Waals surface area (Å²) < 4.78 is 5.07. The van der Waals surface area contributed by atoms with Gasteiger partial charge in [0, 0.05) is 20.3 Å². The van der Waals surface area contributed by atoms with Crippen molar-refractivity contribution in [2.75, 3.05) is 20.3 Å². The van der Waals surface area contributed by atoms with Crippen LogP contribution in [0, 0.1) is 5.41 Å². The molecule has 1 atom stereocenters. The molecule has 20 heavy (non-hydrogen) atoms. The van der Waals surface area contributed by atoms with E-state index in [1.54, 1.807) is 7.11 Å². The minimum absolute atomic E-state index is 0.0120. The van der Waals surface area contributed by atoms with E-state index in [1.807, 2.05) is 30.3 Å². The molecule has 0 saturated heterocycles. The van der Waals surface area contributed by atoms with Crippen LogP contribution in [-0.2, 0) is 16.0 Å². The average molecular weight is 278 g/mol. The Balaban J connectivity index is 2.38. The summed E-state index contributed by atoms with van der Waals surface area (Å²) in [4.78, 5) is 12.0. The summed E-state index contributed by atoms with van der Waals surface area (Å²) in [5.41, 5.74) is 7.03. The maximum absolute atomic E-state index is 12.0. The fourth-order valence-electron chi connectivity index (χ4n) is 1.88. The second-order valence-corrected chi connectivity index (χ2v) is 5.92. The minimum Gasteiger partial charge on any atom is -0.385 e. The third kappa shape index (κ3) is 6.17. The molecular weight excluding hydrogens is 252 g/mol. The molecule has 0 spiro atoms. The van der Waals surface area contributed by atoms with Gasteiger partial charge in [0.25, 0.3) is 0 Å². The SMILES string of the molecule is COCCC(C)(C)CNC(=O)C(N)Cc1ccccc1. The normalized spacial score (nSPS) is 13.0. The number of benzene rings is 1. The molecule has 1 rings (SSSR count). The molecule has 0 aliphatic carbocycles. The first-order valence-electron chi connectivity index (χ1n) is 7.01. The molecule has 0 bridgehead atoms. The number of carbonyl (C=O) groups excluding carboxylic acids is 1. The van der Waals surface area contributed by atoms with E-state index in [0.717, 1.165) is 12.0 Å². The molecule has 112 valence electrons. The van der Waals surface area contributed by atoms with Crippen molar-refractivity contribution >= 4 is 5.91 Å². The fourth-order valence-corrected chi connectivity index (χ4v) is 1.88. The Morgan fingerprint density at radius 1 is 1.35 bits per heavy atom. The van der Waals surface area contributed by atoms with E-state index in [1.165, 1.54) is 0 Å². The van der Waals surface area contributed by atoms with Crippen LogP contribution in [0.15, 0.2) is 30.3 Å². The van der Waals surface area contributed by atoms with Crippen LogP contribution in [0.25, 0.3) is 0 Å². The maximum atomic E-state index is 12.0. The van der Waals surface area contributed by atoms with E-state index in [2.05, 4.69) is 19.2 Å². The molecule has 0 aliphatic rings. The summed E-state index contributed by atoms with van der Waals surface area (Å²) in [6, 6.07) is 9.32. The van der Waals surface area contributed by atoms with Crippen molar-refractivity contribution in [2.24, 2.45) is 11.1 Å². The summed E-state index contributed by atoms with van der Waals surface area (Å²) in [7, 11) is 1.68. The first-order chi connectivity index (χ1) is 9.44. The lowest BCUT2D eigenvalue weighted by Gasteiger charge is -2.25. The van der Waals surface area contributed by atoms with Gasteiger partial charge < -0.3 is 15.8 Å². The maximum Gasteiger partial charge on any atom is 0.237 e. The van der Waals surface area contributed by atoms with E-state index in [9.17, 15) is 4.79 Å². The van der Waals surface area contributed by atoms with Crippen molar-refractivity contribution in [2.45, 2.75) is 32.7 Å². The van der Waals surface area contributed by atoms with Gasteiger partial charge in [0.1, 0.15) is 0 Å². The summed E-state index contributed by atoms with van der Waals surface area (Å²) in [5.74, 6) is -0.0978. The van der Waals surface area contributed by atoms with E-state index >= 15 is 0 Å². The summed E-state index contributed by atoms with van der Waals surface area (Å²) in [6.07, 6.45) is 1.46. The van der Waals surface area contributed by atoms with Crippen molar-refractivity contribution in [3.05, 3.63) is 35.9 Å². The molecule has 4 heteroatoms. The predicted octanol–water partition coefficient (Wildman–Crippen LogP) is 1.74. The number of rotatable bonds is 8. The number of methoxy groups -OCH3 is 1. The number of ether oxygens (including phenoxy) is 1. The van der Waals surface area contributed by atoms with Gasteiger partial charge in [-0.05, 0) is 23.8 Å². The average Bonchev–Trinajstić information content (AvgIpc) is 2.44. The highest BCUT2D eigenvalue weighted by atomic mass is 16.5. The van der Waals surface area contributed by atoms with Crippen molar-refractivity contribution < 1.29 is 9.53 Å². The second kappa shape index (κ2) is 8.02. The highest BCUT2D eigenvalue weighted by Crippen LogP contribution is 2.18. The van der Waals surface area contributed by atoms with Crippen LogP contribution in [0.1, 0.15) is 25.8 Å². The van der Waals surface area contributed by atoms with Gasteiger partial charge in [-0.2, -0.15) is 0 Å². The van der Waals surface area contributed by atoms with Crippen molar-refractivity contribution in [3.8, 4) is 0 Å². The lowest BCUT2D eigenvalue weighted by Crippen LogP contribution is -2.45. The van der Waals surface area contributed by atoms with E-state index in [4.69, 9.17) is 10.5 Å². The molecular formula is C16H26N2O2. The highest BCUT2D eigenvalue weighted by molar-refractivity contribution is 5.81. The van der Waals surface area contributed by atoms with Crippen molar-refractivity contribution in [1.29, 1.82) is 0 Å². The van der Waals surface area contributed by atoms with Crippen LogP contribution < -0.4 is 11.1 Å². The Labute approximate surface area is 121 Å². The van der Waals surface area contributed by atoms with Crippen LogP contribution in [-0.4, -0.2) is 32.2 Å². The Hall–Kier alpha value is -1.39. The first kappa shape index (κ1) is 16.7. The van der Waals surface area contributed by atoms with Gasteiger partial charge in [0.2, 0.25) is 5.91 Å². The van der Waals surface area contributed by atoms with Crippen molar-refractivity contribution in [3.63, 3.8) is 0 Å². The van der Waals surface area contributed by atoms with Gasteiger partial charge in [0.15, 0.2) is 0 Å². The number of amides is 1. The lowest BCUT2D eigenvalue weighted by atomic mass is 9.89. The molecule has 0 saturated carbocycles. The monoisotopic (exact) mass is 278 g/mol. The van der Waals surface area contributed by atoms with Crippen LogP contribution >= 0.6 is 0 Å². The van der Waals surface area contributed by atoms with E-state index < -0.39 is 6.04 Å². The smallest absolute Gasteiger partial charge is 0.237 e. The van der Waals surface area contributed by atoms with Gasteiger partial charge in [0.05, 0.1) is 6.04 Å². The quantitative estimate of drug-likeness (QED) is 0.761. The zero-order chi connectivity index (χ0) is 15.0. The molecule has 1 amide bonds. The fraction of sp³-hybridized carbons (Fsp3) is 0.562. The van der Waals surface area contributed by atoms with E-state index in [0.29, 0.717) is 19.6 Å². The molecule has 0 fully saturated rings. The Bertz CT molecular complexity index is 404. The second-order valence-electron chi connectivity index (χ2n) is 5.92. The molecule has 1 aromatic rings. The van der Waals surface area contributed by atoms with Gasteiger partial charge in [-0.1, -0.05) is 44.2 Å². The zero-order valence-electron chi connectivity index (χ0n) is 12.7. The van der Waals surface area contributed by atoms with Crippen molar-refractivity contribution in [1.82, 2.24) is 5.32 Å². The summed E-state index contributed by atoms with van der Waals surface area (Å²) >= 11 is 0. The van der Waals surface area contributed by atoms with Gasteiger partial charge >= 0.3 is 0 Å².